The zero-order chi connectivity index (χ0) is 16.6. The summed E-state index contributed by atoms with van der Waals surface area (Å²) in [6.45, 7) is 0.637. The number of nitrogens with two attached hydrogens (primary N) is 1. The van der Waals surface area contributed by atoms with E-state index in [4.69, 9.17) is 5.73 Å². The molecule has 3 rings (SSSR count). The number of imidazole rings is 1. The molecule has 0 spiro atoms. The molecule has 0 bridgehead atoms. The summed E-state index contributed by atoms with van der Waals surface area (Å²) in [5.41, 5.74) is 6.85. The second-order valence-corrected chi connectivity index (χ2v) is 4.93. The van der Waals surface area contributed by atoms with Gasteiger partial charge in [-0.1, -0.05) is 0 Å². The molecule has 0 radical (unpaired) electrons. The number of halogens is 2. The summed E-state index contributed by atoms with van der Waals surface area (Å²) in [5.74, 6) is -1.50. The highest BCUT2D eigenvalue weighted by molar-refractivity contribution is 5.81. The quantitative estimate of drug-likeness (QED) is 0.592. The molecule has 0 amide bonds. The molecule has 2 N–H and O–H groups in total. The minimum Gasteiger partial charge on any atom is -0.329 e. The summed E-state index contributed by atoms with van der Waals surface area (Å²) in [6, 6.07) is 7.87. The first-order valence-electron chi connectivity index (χ1n) is 6.81. The molecule has 8 heteroatoms. The Morgan fingerprint density at radius 2 is 1.83 bits per heavy atom. The minimum absolute atomic E-state index is 0.0488. The molecule has 0 atom stereocenters. The molecule has 0 unspecified atom stereocenters. The number of hydrogen-bond donors (Lipinski definition) is 1. The van der Waals surface area contributed by atoms with Crippen LogP contribution in [0.5, 0.6) is 0 Å². The van der Waals surface area contributed by atoms with Gasteiger partial charge in [0.15, 0.2) is 11.6 Å². The van der Waals surface area contributed by atoms with E-state index in [-0.39, 0.29) is 12.2 Å². The second kappa shape index (κ2) is 5.73. The molecule has 1 aromatic heterocycles. The van der Waals surface area contributed by atoms with Crippen LogP contribution < -0.4 is 5.73 Å². The van der Waals surface area contributed by atoms with Gasteiger partial charge in [0.2, 0.25) is 0 Å². The number of nitro benzene ring substituents is 1. The van der Waals surface area contributed by atoms with Crippen LogP contribution in [-0.4, -0.2) is 21.0 Å². The summed E-state index contributed by atoms with van der Waals surface area (Å²) in [4.78, 5) is 14.5. The zero-order valence-corrected chi connectivity index (χ0v) is 11.9. The van der Waals surface area contributed by atoms with Crippen molar-refractivity contribution >= 4 is 16.7 Å². The molecule has 118 valence electrons. The third-order valence-electron chi connectivity index (χ3n) is 3.48. The molecular formula is C15H12F2N4O2. The van der Waals surface area contributed by atoms with Crippen LogP contribution in [0.15, 0.2) is 36.4 Å². The van der Waals surface area contributed by atoms with Crippen molar-refractivity contribution in [2.45, 2.75) is 6.54 Å². The second-order valence-electron chi connectivity index (χ2n) is 4.93. The van der Waals surface area contributed by atoms with Crippen molar-refractivity contribution in [3.63, 3.8) is 0 Å². The first-order chi connectivity index (χ1) is 11.0. The van der Waals surface area contributed by atoms with Crippen LogP contribution in [0.2, 0.25) is 0 Å². The predicted molar refractivity (Wildman–Crippen MR) is 80.8 cm³/mol. The van der Waals surface area contributed by atoms with Crippen LogP contribution in [0, 0.1) is 21.7 Å². The van der Waals surface area contributed by atoms with E-state index in [1.165, 1.54) is 12.1 Å². The normalized spacial score (nSPS) is 11.1. The van der Waals surface area contributed by atoms with Gasteiger partial charge in [0, 0.05) is 42.9 Å². The number of nitro groups is 1. The minimum atomic E-state index is -0.981. The van der Waals surface area contributed by atoms with Gasteiger partial charge in [-0.15, -0.1) is 0 Å². The summed E-state index contributed by atoms with van der Waals surface area (Å²) < 4.78 is 28.6. The van der Waals surface area contributed by atoms with Gasteiger partial charge in [-0.05, 0) is 12.1 Å². The van der Waals surface area contributed by atoms with E-state index >= 15 is 0 Å². The average Bonchev–Trinajstić information content (AvgIpc) is 2.86. The van der Waals surface area contributed by atoms with Crippen LogP contribution in [0.25, 0.3) is 22.4 Å². The van der Waals surface area contributed by atoms with Gasteiger partial charge in [-0.2, -0.15) is 0 Å². The lowest BCUT2D eigenvalue weighted by Gasteiger charge is -2.07. The van der Waals surface area contributed by atoms with Crippen molar-refractivity contribution in [3.8, 4) is 11.4 Å². The van der Waals surface area contributed by atoms with Crippen LogP contribution in [0.4, 0.5) is 14.5 Å². The number of hydrogen-bond acceptors (Lipinski definition) is 4. The van der Waals surface area contributed by atoms with Gasteiger partial charge in [-0.3, -0.25) is 10.1 Å². The molecule has 0 aliphatic rings. The monoisotopic (exact) mass is 318 g/mol. The van der Waals surface area contributed by atoms with Gasteiger partial charge in [0.1, 0.15) is 5.82 Å². The van der Waals surface area contributed by atoms with E-state index in [0.29, 0.717) is 29.0 Å². The third kappa shape index (κ3) is 2.64. The lowest BCUT2D eigenvalue weighted by molar-refractivity contribution is -0.384. The molecule has 0 aliphatic carbocycles. The predicted octanol–water partition coefficient (Wildman–Crippen LogP) is 2.85. The molecule has 3 aromatic rings. The molecule has 1 heterocycles. The van der Waals surface area contributed by atoms with Crippen LogP contribution in [-0.2, 0) is 6.54 Å². The standard InChI is InChI=1S/C15H12F2N4O2/c16-11-7-13-14(8-12(11)17)20(6-5-18)15(19-13)9-1-3-10(4-2-9)21(22)23/h1-4,7-8H,5-6,18H2. The highest BCUT2D eigenvalue weighted by Gasteiger charge is 2.16. The first-order valence-corrected chi connectivity index (χ1v) is 6.81. The van der Waals surface area contributed by atoms with E-state index in [0.717, 1.165) is 12.1 Å². The number of rotatable bonds is 4. The van der Waals surface area contributed by atoms with Gasteiger partial charge >= 0.3 is 0 Å². The number of nitrogens with zero attached hydrogens (tertiary/aromatic N) is 3. The van der Waals surface area contributed by atoms with Crippen molar-refractivity contribution in [2.24, 2.45) is 5.73 Å². The number of benzene rings is 2. The van der Waals surface area contributed by atoms with E-state index < -0.39 is 16.6 Å². The Labute approximate surface area is 129 Å². The SMILES string of the molecule is NCCn1c(-c2ccc([N+](=O)[O-])cc2)nc2cc(F)c(F)cc21. The van der Waals surface area contributed by atoms with Crippen molar-refractivity contribution in [2.75, 3.05) is 6.54 Å². The smallest absolute Gasteiger partial charge is 0.269 e. The molecular weight excluding hydrogens is 306 g/mol. The summed E-state index contributed by atoms with van der Waals surface area (Å²) in [6.07, 6.45) is 0. The molecule has 0 saturated carbocycles. The van der Waals surface area contributed by atoms with Crippen LogP contribution in [0.1, 0.15) is 0 Å². The Bertz CT molecular complexity index is 891. The zero-order valence-electron chi connectivity index (χ0n) is 11.9. The molecule has 0 saturated heterocycles. The Balaban J connectivity index is 2.19. The van der Waals surface area contributed by atoms with E-state index in [9.17, 15) is 18.9 Å². The average molecular weight is 318 g/mol. The fourth-order valence-corrected chi connectivity index (χ4v) is 2.43. The fraction of sp³-hybridized carbons (Fsp3) is 0.133. The van der Waals surface area contributed by atoms with E-state index in [2.05, 4.69) is 4.98 Å². The topological polar surface area (TPSA) is 87.0 Å². The molecule has 0 aliphatic heterocycles. The number of aromatic nitrogens is 2. The van der Waals surface area contributed by atoms with Gasteiger partial charge in [0.05, 0.1) is 16.0 Å². The lowest BCUT2D eigenvalue weighted by atomic mass is 10.2. The van der Waals surface area contributed by atoms with E-state index in [1.54, 1.807) is 16.7 Å². The van der Waals surface area contributed by atoms with Crippen molar-refractivity contribution in [1.29, 1.82) is 0 Å². The Kier molecular flexibility index (Phi) is 3.75. The summed E-state index contributed by atoms with van der Waals surface area (Å²) >= 11 is 0. The highest BCUT2D eigenvalue weighted by atomic mass is 19.2. The Morgan fingerprint density at radius 1 is 1.17 bits per heavy atom. The van der Waals surface area contributed by atoms with Gasteiger partial charge < -0.3 is 10.3 Å². The molecule has 23 heavy (non-hydrogen) atoms. The highest BCUT2D eigenvalue weighted by Crippen LogP contribution is 2.27. The Morgan fingerprint density at radius 3 is 2.43 bits per heavy atom. The largest absolute Gasteiger partial charge is 0.329 e. The van der Waals surface area contributed by atoms with Crippen molar-refractivity contribution < 1.29 is 13.7 Å². The first kappa shape index (κ1) is 15.0. The number of non-ortho nitro benzene ring substituents is 1. The Hall–Kier alpha value is -2.87. The van der Waals surface area contributed by atoms with Gasteiger partial charge in [0.25, 0.3) is 5.69 Å². The fourth-order valence-electron chi connectivity index (χ4n) is 2.43. The van der Waals surface area contributed by atoms with E-state index in [1.807, 2.05) is 0 Å². The molecule has 2 aromatic carbocycles. The maximum absolute atomic E-state index is 13.5. The lowest BCUT2D eigenvalue weighted by Crippen LogP contribution is -2.11. The maximum atomic E-state index is 13.5. The van der Waals surface area contributed by atoms with Crippen molar-refractivity contribution in [1.82, 2.24) is 9.55 Å². The summed E-state index contributed by atoms with van der Waals surface area (Å²) in [7, 11) is 0. The van der Waals surface area contributed by atoms with Gasteiger partial charge in [-0.25, -0.2) is 13.8 Å². The van der Waals surface area contributed by atoms with Crippen LogP contribution >= 0.6 is 0 Å². The molecule has 0 fully saturated rings. The number of fused-ring (bicyclic) bond motifs is 1. The van der Waals surface area contributed by atoms with Crippen LogP contribution in [0.3, 0.4) is 0 Å². The maximum Gasteiger partial charge on any atom is 0.269 e. The van der Waals surface area contributed by atoms with Crippen molar-refractivity contribution in [3.05, 3.63) is 58.1 Å². The third-order valence-corrected chi connectivity index (χ3v) is 3.48. The summed E-state index contributed by atoms with van der Waals surface area (Å²) in [5, 5.41) is 10.7. The molecule has 6 nitrogen and oxygen atoms in total.